The van der Waals surface area contributed by atoms with E-state index in [2.05, 4.69) is 149 Å². The maximum absolute atomic E-state index is 6.73. The minimum absolute atomic E-state index is 0.621. The van der Waals surface area contributed by atoms with Gasteiger partial charge in [-0.25, -0.2) is 0 Å². The molecule has 10 heteroatoms. The van der Waals surface area contributed by atoms with Gasteiger partial charge in [-0.1, -0.05) is 193 Å². The van der Waals surface area contributed by atoms with Crippen molar-refractivity contribution in [2.75, 3.05) is 37.9 Å². The van der Waals surface area contributed by atoms with Crippen LogP contribution in [0.5, 0.6) is 23.0 Å². The van der Waals surface area contributed by atoms with Crippen LogP contribution in [-0.4, -0.2) is 51.3 Å². The summed E-state index contributed by atoms with van der Waals surface area (Å²) in [6.07, 6.45) is 38.7. The first kappa shape index (κ1) is 69.6. The van der Waals surface area contributed by atoms with Crippen LogP contribution in [0.1, 0.15) is 237 Å². The van der Waals surface area contributed by atoms with Crippen molar-refractivity contribution < 1.29 is 18.9 Å². The highest BCUT2D eigenvalue weighted by molar-refractivity contribution is 5.95. The molecule has 0 aliphatic heterocycles. The molecule has 10 nitrogen and oxygen atoms in total. The lowest BCUT2D eigenvalue weighted by atomic mass is 10.0. The van der Waals surface area contributed by atoms with Gasteiger partial charge in [-0.3, -0.25) is 20.0 Å². The van der Waals surface area contributed by atoms with Gasteiger partial charge in [-0.05, 0) is 209 Å². The number of unbranched alkanes of at least 4 members (excludes halogenated alkanes) is 20. The molecule has 0 bridgehead atoms. The van der Waals surface area contributed by atoms with Gasteiger partial charge in [0.2, 0.25) is 0 Å². The number of benzene rings is 8. The van der Waals surface area contributed by atoms with Gasteiger partial charge in [0.25, 0.3) is 0 Å². The second-order valence-electron chi connectivity index (χ2n) is 27.1. The third-order valence-corrected chi connectivity index (χ3v) is 19.3. The lowest BCUT2D eigenvalue weighted by Gasteiger charge is -2.15. The molecule has 0 radical (unpaired) electrons. The molecule has 11 rings (SSSR count). The smallest absolute Gasteiger partial charge is 0.128 e. The Kier molecular flexibility index (Phi) is 25.8. The summed E-state index contributed by atoms with van der Waals surface area (Å²) in [7, 11) is 0. The van der Waals surface area contributed by atoms with Gasteiger partial charge in [-0.2, -0.15) is 0 Å². The van der Waals surface area contributed by atoms with Gasteiger partial charge in [0.15, 0.2) is 0 Å². The van der Waals surface area contributed by atoms with Gasteiger partial charge in [0, 0.05) is 58.5 Å². The quantitative estimate of drug-likeness (QED) is 0.0223. The van der Waals surface area contributed by atoms with Gasteiger partial charge in [0.1, 0.15) is 23.0 Å². The van der Waals surface area contributed by atoms with E-state index in [0.29, 0.717) is 26.4 Å². The van der Waals surface area contributed by atoms with Crippen LogP contribution in [0, 0.1) is 0 Å². The Morgan fingerprint density at radius 2 is 0.485 bits per heavy atom. The average Bonchev–Trinajstić information content (AvgIpc) is 1.73. The van der Waals surface area contributed by atoms with E-state index in [1.807, 2.05) is 37.0 Å². The summed E-state index contributed by atoms with van der Waals surface area (Å²) in [6.45, 7) is 11.5. The monoisotopic (exact) mass is 1300 g/mol. The van der Waals surface area contributed by atoms with E-state index in [9.17, 15) is 0 Å². The van der Waals surface area contributed by atoms with E-state index < -0.39 is 0 Å². The highest BCUT2D eigenvalue weighted by Gasteiger charge is 2.23. The molecule has 0 saturated carbocycles. The SMILES string of the molecule is CCCCCCCCOc1cc(C=Nc2ccc3c(c2)Cc2cc(N=Cc4cc(OCCCCCCCC)c(C=Nc5ccc6c(c5)Cc5cc(N)ccc5-6)cc4OCCCCCCCC)ccc2-3)c(OCCCCCCCC)cc1C=Nc1ccc2c(c1)Cc1cc(N)ccc1-2. The standard InChI is InChI=1S/C87H104N6O4/c1-5-9-13-17-21-25-41-94-84-56-70(86(96-43-27-23-19-15-11-7-3)54-68(84)58-90-74-31-37-80-64(50-74)45-62-48-72(88)29-35-78(62)80)60-92-76-33-39-82-66(52-76)47-67-53-77(34-40-83(67)82)93-61-71-57-85(95-42-26-22-18-14-10-6-2)69(55-87(71)97-44-28-24-20-16-12-8-4)59-91-75-32-38-81-65(51-75)46-63-49-73(89)30-36-79(63)81/h29-40,48-61H,5-28,41-47,88-89H2,1-4H3. The molecule has 0 atom stereocenters. The molecular formula is C87H104N6O4. The topological polar surface area (TPSA) is 138 Å². The predicted octanol–water partition coefficient (Wildman–Crippen LogP) is 23.5. The molecule has 0 spiro atoms. The van der Waals surface area contributed by atoms with E-state index in [0.717, 1.165) is 150 Å². The molecule has 8 aromatic carbocycles. The summed E-state index contributed by atoms with van der Waals surface area (Å²) < 4.78 is 26.9. The van der Waals surface area contributed by atoms with Crippen LogP contribution in [0.2, 0.25) is 0 Å². The van der Waals surface area contributed by atoms with Crippen molar-refractivity contribution in [3.8, 4) is 56.4 Å². The number of fused-ring (bicyclic) bond motifs is 9. The third-order valence-electron chi connectivity index (χ3n) is 19.3. The van der Waals surface area contributed by atoms with Crippen molar-refractivity contribution in [3.05, 3.63) is 189 Å². The highest BCUT2D eigenvalue weighted by atomic mass is 16.5. The Balaban J connectivity index is 0.835. The number of anilines is 2. The van der Waals surface area contributed by atoms with Gasteiger partial charge in [-0.15, -0.1) is 0 Å². The Bertz CT molecular complexity index is 3790. The molecule has 0 unspecified atom stereocenters. The second-order valence-corrected chi connectivity index (χ2v) is 27.1. The number of nitrogens with zero attached hydrogens (tertiary/aromatic N) is 4. The average molecular weight is 1300 g/mol. The first-order chi connectivity index (χ1) is 47.7. The summed E-state index contributed by atoms with van der Waals surface area (Å²) in [5.41, 5.74) is 36.0. The van der Waals surface area contributed by atoms with Gasteiger partial charge in [0.05, 0.1) is 49.2 Å². The third kappa shape index (κ3) is 19.3. The first-order valence-electron chi connectivity index (χ1n) is 37.1. The molecule has 3 aliphatic rings. The number of aliphatic imine (C=N–C) groups is 4. The van der Waals surface area contributed by atoms with E-state index in [1.54, 1.807) is 0 Å². The predicted molar refractivity (Wildman–Crippen MR) is 410 cm³/mol. The molecule has 97 heavy (non-hydrogen) atoms. The zero-order valence-corrected chi connectivity index (χ0v) is 58.5. The van der Waals surface area contributed by atoms with E-state index in [-0.39, 0.29) is 0 Å². The molecule has 506 valence electrons. The molecule has 0 aromatic heterocycles. The molecule has 0 fully saturated rings. The van der Waals surface area contributed by atoms with Crippen molar-refractivity contribution in [2.45, 2.75) is 201 Å². The summed E-state index contributed by atoms with van der Waals surface area (Å²) in [4.78, 5) is 20.6. The van der Waals surface area contributed by atoms with Crippen molar-refractivity contribution >= 4 is 59.0 Å². The minimum atomic E-state index is 0.621. The fourth-order valence-electron chi connectivity index (χ4n) is 13.9. The number of rotatable bonds is 40. The van der Waals surface area contributed by atoms with Crippen LogP contribution in [0.3, 0.4) is 0 Å². The number of hydrogen-bond acceptors (Lipinski definition) is 10. The molecule has 0 amide bonds. The lowest BCUT2D eigenvalue weighted by Crippen LogP contribution is -2.05. The lowest BCUT2D eigenvalue weighted by molar-refractivity contribution is 0.295. The number of nitrogen functional groups attached to an aromatic ring is 2. The van der Waals surface area contributed by atoms with E-state index >= 15 is 0 Å². The Labute approximate surface area is 579 Å². The van der Waals surface area contributed by atoms with Crippen LogP contribution >= 0.6 is 0 Å². The summed E-state index contributed by atoms with van der Waals surface area (Å²) in [5.74, 6) is 3.10. The van der Waals surface area contributed by atoms with Crippen LogP contribution < -0.4 is 30.4 Å². The number of nitrogens with two attached hydrogens (primary N) is 2. The van der Waals surface area contributed by atoms with Crippen molar-refractivity contribution in [2.24, 2.45) is 20.0 Å². The Hall–Kier alpha value is -8.76. The molecule has 0 heterocycles. The van der Waals surface area contributed by atoms with Crippen molar-refractivity contribution in [1.29, 1.82) is 0 Å². The zero-order valence-electron chi connectivity index (χ0n) is 58.5. The van der Waals surface area contributed by atoms with Crippen LogP contribution in [0.15, 0.2) is 153 Å². The maximum atomic E-state index is 6.73. The summed E-state index contributed by atoms with van der Waals surface area (Å²) in [6, 6.07) is 47.0. The van der Waals surface area contributed by atoms with Crippen LogP contribution in [0.25, 0.3) is 33.4 Å². The van der Waals surface area contributed by atoms with Crippen LogP contribution in [-0.2, 0) is 19.3 Å². The largest absolute Gasteiger partial charge is 0.493 e. The molecule has 4 N–H and O–H groups in total. The molecule has 8 aromatic rings. The van der Waals surface area contributed by atoms with Crippen LogP contribution in [0.4, 0.5) is 34.1 Å². The van der Waals surface area contributed by atoms with E-state index in [4.69, 9.17) is 50.4 Å². The normalized spacial score (nSPS) is 12.7. The van der Waals surface area contributed by atoms with E-state index in [1.165, 1.54) is 169 Å². The van der Waals surface area contributed by atoms with Gasteiger partial charge < -0.3 is 30.4 Å². The Morgan fingerprint density at radius 3 is 0.732 bits per heavy atom. The second kappa shape index (κ2) is 36.0. The summed E-state index contributed by atoms with van der Waals surface area (Å²) in [5, 5.41) is 0. The summed E-state index contributed by atoms with van der Waals surface area (Å²) >= 11 is 0. The maximum Gasteiger partial charge on any atom is 0.128 e. The number of hydrogen-bond donors (Lipinski definition) is 2. The fourth-order valence-corrected chi connectivity index (χ4v) is 13.9. The van der Waals surface area contributed by atoms with Gasteiger partial charge >= 0.3 is 0 Å². The molecule has 0 saturated heterocycles. The van der Waals surface area contributed by atoms with Crippen molar-refractivity contribution in [3.63, 3.8) is 0 Å². The zero-order chi connectivity index (χ0) is 67.0. The first-order valence-corrected chi connectivity index (χ1v) is 37.1. The highest BCUT2D eigenvalue weighted by Crippen LogP contribution is 2.43. The number of ether oxygens (including phenoxy) is 4. The molecular weight excluding hydrogens is 1190 g/mol. The molecule has 3 aliphatic carbocycles. The fraction of sp³-hybridized carbons (Fsp3) is 0.402. The van der Waals surface area contributed by atoms with Crippen molar-refractivity contribution in [1.82, 2.24) is 0 Å². The minimum Gasteiger partial charge on any atom is -0.493 e. The Morgan fingerprint density at radius 1 is 0.268 bits per heavy atom.